The summed E-state index contributed by atoms with van der Waals surface area (Å²) in [5.41, 5.74) is 7.44. The maximum Gasteiger partial charge on any atom is 0.186 e. The molecule has 0 radical (unpaired) electrons. The van der Waals surface area contributed by atoms with Crippen LogP contribution in [0.4, 0.5) is 14.6 Å². The van der Waals surface area contributed by atoms with Crippen LogP contribution in [0.15, 0.2) is 28.8 Å². The van der Waals surface area contributed by atoms with Gasteiger partial charge >= 0.3 is 0 Å². The second-order valence-corrected chi connectivity index (χ2v) is 6.00. The quantitative estimate of drug-likeness (QED) is 0.756. The zero-order valence-electron chi connectivity index (χ0n) is 11.4. The molecule has 0 atom stereocenters. The van der Waals surface area contributed by atoms with E-state index < -0.39 is 11.6 Å². The molecule has 0 aliphatic rings. The Labute approximate surface area is 124 Å². The zero-order valence-corrected chi connectivity index (χ0v) is 12.2. The highest BCUT2D eigenvalue weighted by Gasteiger charge is 2.22. The highest BCUT2D eigenvalue weighted by molar-refractivity contribution is 7.15. The number of benzene rings is 1. The first-order valence-electron chi connectivity index (χ1n) is 6.25. The van der Waals surface area contributed by atoms with E-state index in [0.29, 0.717) is 11.3 Å². The lowest BCUT2D eigenvalue weighted by atomic mass is 10.0. The van der Waals surface area contributed by atoms with Crippen LogP contribution in [0.25, 0.3) is 21.8 Å². The average Bonchev–Trinajstić information content (AvgIpc) is 2.94. The van der Waals surface area contributed by atoms with Crippen molar-refractivity contribution in [1.29, 1.82) is 0 Å². The summed E-state index contributed by atoms with van der Waals surface area (Å²) in [6.45, 7) is 3.97. The van der Waals surface area contributed by atoms with Crippen molar-refractivity contribution in [3.8, 4) is 21.8 Å². The van der Waals surface area contributed by atoms with E-state index in [4.69, 9.17) is 10.3 Å². The lowest BCUT2D eigenvalue weighted by Gasteiger charge is -2.03. The molecule has 2 heterocycles. The fourth-order valence-corrected chi connectivity index (χ4v) is 3.13. The third kappa shape index (κ3) is 2.31. The Morgan fingerprint density at radius 1 is 1.19 bits per heavy atom. The molecule has 0 saturated carbocycles. The molecular weight excluding hydrogens is 294 g/mol. The maximum atomic E-state index is 14.0. The van der Waals surface area contributed by atoms with Gasteiger partial charge in [-0.15, -0.1) is 11.3 Å². The second-order valence-electron chi connectivity index (χ2n) is 4.75. The molecule has 108 valence electrons. The van der Waals surface area contributed by atoms with Crippen LogP contribution in [0.1, 0.15) is 10.4 Å². The number of anilines is 1. The molecule has 0 aliphatic heterocycles. The molecule has 0 unspecified atom stereocenters. The molecule has 2 N–H and O–H groups in total. The molecule has 1 aromatic carbocycles. The number of hydrogen-bond donors (Lipinski definition) is 1. The minimum atomic E-state index is -0.698. The van der Waals surface area contributed by atoms with E-state index in [1.165, 1.54) is 23.5 Å². The summed E-state index contributed by atoms with van der Waals surface area (Å²) < 4.78 is 32.3. The van der Waals surface area contributed by atoms with Gasteiger partial charge in [0.1, 0.15) is 11.6 Å². The normalized spacial score (nSPS) is 11.0. The van der Waals surface area contributed by atoms with Crippen molar-refractivity contribution < 1.29 is 13.3 Å². The Morgan fingerprint density at radius 3 is 2.57 bits per heavy atom. The van der Waals surface area contributed by atoms with Gasteiger partial charge < -0.3 is 10.3 Å². The molecule has 3 aromatic rings. The number of nitrogens with zero attached hydrogens (tertiary/aromatic N) is 1. The van der Waals surface area contributed by atoms with Crippen LogP contribution in [-0.4, -0.2) is 5.16 Å². The van der Waals surface area contributed by atoms with Crippen LogP contribution in [0.5, 0.6) is 0 Å². The van der Waals surface area contributed by atoms with E-state index in [2.05, 4.69) is 5.16 Å². The summed E-state index contributed by atoms with van der Waals surface area (Å²) in [5.74, 6) is -0.856. The van der Waals surface area contributed by atoms with Crippen molar-refractivity contribution in [2.75, 3.05) is 5.73 Å². The molecule has 0 spiro atoms. The molecule has 2 aromatic heterocycles. The van der Waals surface area contributed by atoms with Gasteiger partial charge in [-0.2, -0.15) is 0 Å². The lowest BCUT2D eigenvalue weighted by Crippen LogP contribution is -1.92. The van der Waals surface area contributed by atoms with Gasteiger partial charge in [-0.1, -0.05) is 5.16 Å². The number of nitrogens with two attached hydrogens (primary N) is 1. The lowest BCUT2D eigenvalue weighted by molar-refractivity contribution is 0.437. The van der Waals surface area contributed by atoms with E-state index in [0.717, 1.165) is 21.4 Å². The smallest absolute Gasteiger partial charge is 0.186 e. The van der Waals surface area contributed by atoms with Gasteiger partial charge in [0.2, 0.25) is 0 Å². The molecule has 0 saturated heterocycles. The van der Waals surface area contributed by atoms with Gasteiger partial charge in [-0.3, -0.25) is 0 Å². The first-order chi connectivity index (χ1) is 9.97. The summed E-state index contributed by atoms with van der Waals surface area (Å²) >= 11 is 1.51. The van der Waals surface area contributed by atoms with Gasteiger partial charge in [0, 0.05) is 16.5 Å². The number of aryl methyl sites for hydroxylation is 2. The van der Waals surface area contributed by atoms with Crippen molar-refractivity contribution in [3.63, 3.8) is 0 Å². The molecule has 0 amide bonds. The summed E-state index contributed by atoms with van der Waals surface area (Å²) in [7, 11) is 0. The fraction of sp³-hybridized carbons (Fsp3) is 0.133. The van der Waals surface area contributed by atoms with Crippen LogP contribution in [0, 0.1) is 25.5 Å². The Bertz CT molecular complexity index is 804. The number of thiophene rings is 1. The third-order valence-electron chi connectivity index (χ3n) is 3.31. The summed E-state index contributed by atoms with van der Waals surface area (Å²) in [6.07, 6.45) is 0. The summed E-state index contributed by atoms with van der Waals surface area (Å²) in [4.78, 5) is 1.94. The van der Waals surface area contributed by atoms with Crippen molar-refractivity contribution >= 4 is 17.2 Å². The topological polar surface area (TPSA) is 52.0 Å². The number of nitrogen functional groups attached to an aromatic ring is 1. The van der Waals surface area contributed by atoms with Crippen LogP contribution in [0.3, 0.4) is 0 Å². The number of aromatic nitrogens is 1. The third-order valence-corrected chi connectivity index (χ3v) is 4.46. The first kappa shape index (κ1) is 13.8. The number of hydrogen-bond acceptors (Lipinski definition) is 4. The minimum Gasteiger partial charge on any atom is -0.380 e. The average molecular weight is 306 g/mol. The van der Waals surface area contributed by atoms with Crippen LogP contribution in [-0.2, 0) is 0 Å². The first-order valence-corrected chi connectivity index (χ1v) is 7.07. The van der Waals surface area contributed by atoms with Crippen LogP contribution in [0.2, 0.25) is 0 Å². The van der Waals surface area contributed by atoms with E-state index >= 15 is 0 Å². The molecule has 0 fully saturated rings. The Balaban J connectivity index is 2.21. The Morgan fingerprint density at radius 2 is 1.95 bits per heavy atom. The van der Waals surface area contributed by atoms with Crippen molar-refractivity contribution in [1.82, 2.24) is 5.16 Å². The highest BCUT2D eigenvalue weighted by atomic mass is 32.1. The number of rotatable bonds is 2. The molecule has 0 bridgehead atoms. The molecular formula is C15H12F2N2OS. The predicted octanol–water partition coefficient (Wildman–Crippen LogP) is 4.55. The Hall–Kier alpha value is -2.21. The highest BCUT2D eigenvalue weighted by Crippen LogP contribution is 2.41. The van der Waals surface area contributed by atoms with E-state index in [-0.39, 0.29) is 11.4 Å². The Kier molecular flexibility index (Phi) is 3.25. The van der Waals surface area contributed by atoms with Crippen molar-refractivity contribution in [2.24, 2.45) is 0 Å². The fourth-order valence-electron chi connectivity index (χ4n) is 2.11. The van der Waals surface area contributed by atoms with E-state index in [9.17, 15) is 8.78 Å². The molecule has 3 rings (SSSR count). The zero-order chi connectivity index (χ0) is 15.1. The van der Waals surface area contributed by atoms with Gasteiger partial charge in [-0.05, 0) is 37.6 Å². The maximum absolute atomic E-state index is 14.0. The monoisotopic (exact) mass is 306 g/mol. The SMILES string of the molecule is Cc1cc(-c2onc(N)c2-c2ccc(F)cc2F)sc1C. The van der Waals surface area contributed by atoms with Gasteiger partial charge in [0.25, 0.3) is 0 Å². The molecule has 3 nitrogen and oxygen atoms in total. The minimum absolute atomic E-state index is 0.0826. The second kappa shape index (κ2) is 4.96. The standard InChI is InChI=1S/C15H12F2N2OS/c1-7-5-12(21-8(7)2)14-13(15(18)19-20-14)10-4-3-9(16)6-11(10)17/h3-6H,1-2H3,(H2,18,19). The van der Waals surface area contributed by atoms with Gasteiger partial charge in [0.15, 0.2) is 11.6 Å². The van der Waals surface area contributed by atoms with Gasteiger partial charge in [-0.25, -0.2) is 8.78 Å². The van der Waals surface area contributed by atoms with Crippen LogP contribution >= 0.6 is 11.3 Å². The summed E-state index contributed by atoms with van der Waals surface area (Å²) in [6, 6.07) is 5.27. The molecule has 6 heteroatoms. The molecule has 21 heavy (non-hydrogen) atoms. The van der Waals surface area contributed by atoms with Crippen molar-refractivity contribution in [3.05, 3.63) is 46.3 Å². The summed E-state index contributed by atoms with van der Waals surface area (Å²) in [5, 5.41) is 3.72. The predicted molar refractivity (Wildman–Crippen MR) is 79.1 cm³/mol. The van der Waals surface area contributed by atoms with E-state index in [1.807, 2.05) is 19.9 Å². The van der Waals surface area contributed by atoms with Crippen LogP contribution < -0.4 is 5.73 Å². The van der Waals surface area contributed by atoms with E-state index in [1.54, 1.807) is 0 Å². The van der Waals surface area contributed by atoms with Gasteiger partial charge in [0.05, 0.1) is 10.4 Å². The number of halogens is 2. The molecule has 0 aliphatic carbocycles. The van der Waals surface area contributed by atoms with Crippen molar-refractivity contribution in [2.45, 2.75) is 13.8 Å². The largest absolute Gasteiger partial charge is 0.380 e.